The number of ether oxygens (including phenoxy) is 1. The average Bonchev–Trinajstić information content (AvgIpc) is 2.79. The average molecular weight is 406 g/mol. The summed E-state index contributed by atoms with van der Waals surface area (Å²) in [7, 11) is 0. The molecule has 1 aliphatic rings. The molecule has 0 atom stereocenters. The molecule has 4 rings (SSSR count). The highest BCUT2D eigenvalue weighted by atomic mass is 16.5. The summed E-state index contributed by atoms with van der Waals surface area (Å²) in [6.45, 7) is 9.98. The van der Waals surface area contributed by atoms with E-state index in [0.29, 0.717) is 12.5 Å². The monoisotopic (exact) mass is 405 g/mol. The summed E-state index contributed by atoms with van der Waals surface area (Å²) in [5.41, 5.74) is 2.94. The van der Waals surface area contributed by atoms with Gasteiger partial charge in [0.2, 0.25) is 11.8 Å². The SMILES string of the molecule is CCOc1cc(C)nc(N2CCN(c3cc(CC)nc(-c4ccncc4)n3)CC2)n1. The zero-order chi connectivity index (χ0) is 20.9. The predicted octanol–water partition coefficient (Wildman–Crippen LogP) is 2.92. The van der Waals surface area contributed by atoms with Crippen LogP contribution in [0.2, 0.25) is 0 Å². The Morgan fingerprint density at radius 2 is 1.63 bits per heavy atom. The van der Waals surface area contributed by atoms with Crippen molar-refractivity contribution in [3.05, 3.63) is 48.0 Å². The first-order valence-electron chi connectivity index (χ1n) is 10.4. The van der Waals surface area contributed by atoms with E-state index >= 15 is 0 Å². The van der Waals surface area contributed by atoms with E-state index in [1.165, 1.54) is 0 Å². The first-order valence-corrected chi connectivity index (χ1v) is 10.4. The summed E-state index contributed by atoms with van der Waals surface area (Å²) in [5, 5.41) is 0. The number of anilines is 2. The Kier molecular flexibility index (Phi) is 6.02. The van der Waals surface area contributed by atoms with Gasteiger partial charge in [-0.15, -0.1) is 0 Å². The van der Waals surface area contributed by atoms with E-state index in [1.54, 1.807) is 12.4 Å². The molecular formula is C22H27N7O. The number of aryl methyl sites for hydroxylation is 2. The molecule has 0 spiro atoms. The minimum Gasteiger partial charge on any atom is -0.478 e. The normalized spacial score (nSPS) is 14.1. The van der Waals surface area contributed by atoms with Gasteiger partial charge in [0.25, 0.3) is 0 Å². The Balaban J connectivity index is 1.52. The second-order valence-electron chi connectivity index (χ2n) is 7.19. The number of hydrogen-bond donors (Lipinski definition) is 0. The van der Waals surface area contributed by atoms with Crippen LogP contribution in [0, 0.1) is 6.92 Å². The number of pyridine rings is 1. The van der Waals surface area contributed by atoms with Gasteiger partial charge in [-0.1, -0.05) is 6.92 Å². The third kappa shape index (κ3) is 4.48. The lowest BCUT2D eigenvalue weighted by atomic mass is 10.2. The largest absolute Gasteiger partial charge is 0.478 e. The maximum atomic E-state index is 5.58. The first-order chi connectivity index (χ1) is 14.7. The van der Waals surface area contributed by atoms with Gasteiger partial charge in [0.05, 0.1) is 6.61 Å². The maximum absolute atomic E-state index is 5.58. The van der Waals surface area contributed by atoms with Gasteiger partial charge in [-0.05, 0) is 32.4 Å². The van der Waals surface area contributed by atoms with Crippen molar-refractivity contribution in [3.8, 4) is 17.3 Å². The standard InChI is InChI=1S/C22H27N7O/c1-4-18-15-19(26-21(25-18)17-6-8-23-9-7-17)28-10-12-29(13-11-28)22-24-16(3)14-20(27-22)30-5-2/h6-9,14-15H,4-5,10-13H2,1-3H3. The molecule has 3 aromatic rings. The van der Waals surface area contributed by atoms with E-state index < -0.39 is 0 Å². The molecule has 8 heteroatoms. The molecule has 0 bridgehead atoms. The van der Waals surface area contributed by atoms with Crippen LogP contribution in [-0.4, -0.2) is 57.7 Å². The van der Waals surface area contributed by atoms with Crippen molar-refractivity contribution in [2.45, 2.75) is 27.2 Å². The van der Waals surface area contributed by atoms with E-state index in [1.807, 2.05) is 32.0 Å². The van der Waals surface area contributed by atoms with Crippen LogP contribution in [0.4, 0.5) is 11.8 Å². The van der Waals surface area contributed by atoms with Crippen molar-refractivity contribution in [3.63, 3.8) is 0 Å². The van der Waals surface area contributed by atoms with Gasteiger partial charge < -0.3 is 14.5 Å². The summed E-state index contributed by atoms with van der Waals surface area (Å²) in [6, 6.07) is 7.86. The lowest BCUT2D eigenvalue weighted by molar-refractivity contribution is 0.325. The molecule has 0 radical (unpaired) electrons. The van der Waals surface area contributed by atoms with Crippen LogP contribution in [0.3, 0.4) is 0 Å². The molecule has 1 saturated heterocycles. The summed E-state index contributed by atoms with van der Waals surface area (Å²) in [5.74, 6) is 3.08. The van der Waals surface area contributed by atoms with E-state index in [9.17, 15) is 0 Å². The molecule has 30 heavy (non-hydrogen) atoms. The van der Waals surface area contributed by atoms with Crippen molar-refractivity contribution in [1.29, 1.82) is 0 Å². The number of nitrogens with zero attached hydrogens (tertiary/aromatic N) is 7. The molecule has 1 aliphatic heterocycles. The van der Waals surface area contributed by atoms with Crippen LogP contribution in [0.5, 0.6) is 5.88 Å². The summed E-state index contributed by atoms with van der Waals surface area (Å²) in [6.07, 6.45) is 4.41. The third-order valence-electron chi connectivity index (χ3n) is 5.06. The second-order valence-corrected chi connectivity index (χ2v) is 7.19. The molecule has 0 N–H and O–H groups in total. The molecule has 3 aromatic heterocycles. The summed E-state index contributed by atoms with van der Waals surface area (Å²) >= 11 is 0. The van der Waals surface area contributed by atoms with Crippen LogP contribution in [-0.2, 0) is 6.42 Å². The van der Waals surface area contributed by atoms with Crippen LogP contribution in [0.25, 0.3) is 11.4 Å². The highest BCUT2D eigenvalue weighted by molar-refractivity contribution is 5.57. The second kappa shape index (κ2) is 9.02. The third-order valence-corrected chi connectivity index (χ3v) is 5.06. The van der Waals surface area contributed by atoms with Crippen LogP contribution in [0.1, 0.15) is 25.2 Å². The van der Waals surface area contributed by atoms with Crippen molar-refractivity contribution < 1.29 is 4.74 Å². The zero-order valence-electron chi connectivity index (χ0n) is 17.7. The molecule has 8 nitrogen and oxygen atoms in total. The smallest absolute Gasteiger partial charge is 0.228 e. The Bertz CT molecular complexity index is 988. The molecule has 0 aliphatic carbocycles. The van der Waals surface area contributed by atoms with Crippen LogP contribution < -0.4 is 14.5 Å². The van der Waals surface area contributed by atoms with Gasteiger partial charge in [0, 0.05) is 67.7 Å². The fraction of sp³-hybridized carbons (Fsp3) is 0.409. The van der Waals surface area contributed by atoms with Crippen molar-refractivity contribution >= 4 is 11.8 Å². The van der Waals surface area contributed by atoms with Gasteiger partial charge in [0.1, 0.15) is 5.82 Å². The Hall–Kier alpha value is -3.29. The summed E-state index contributed by atoms with van der Waals surface area (Å²) in [4.78, 5) is 27.3. The molecule has 0 aromatic carbocycles. The van der Waals surface area contributed by atoms with Crippen molar-refractivity contribution in [2.24, 2.45) is 0 Å². The van der Waals surface area contributed by atoms with Gasteiger partial charge in [0.15, 0.2) is 5.82 Å². The molecule has 4 heterocycles. The molecule has 156 valence electrons. The van der Waals surface area contributed by atoms with E-state index in [4.69, 9.17) is 14.7 Å². The minimum absolute atomic E-state index is 0.594. The van der Waals surface area contributed by atoms with Gasteiger partial charge in [-0.3, -0.25) is 4.98 Å². The molecule has 0 amide bonds. The molecular weight excluding hydrogens is 378 g/mol. The van der Waals surface area contributed by atoms with Crippen LogP contribution in [0.15, 0.2) is 36.7 Å². The van der Waals surface area contributed by atoms with Gasteiger partial charge in [-0.2, -0.15) is 4.98 Å². The number of piperazine rings is 1. The quantitative estimate of drug-likeness (QED) is 0.619. The van der Waals surface area contributed by atoms with Gasteiger partial charge >= 0.3 is 0 Å². The molecule has 1 fully saturated rings. The highest BCUT2D eigenvalue weighted by Crippen LogP contribution is 2.23. The fourth-order valence-electron chi connectivity index (χ4n) is 3.48. The zero-order valence-corrected chi connectivity index (χ0v) is 17.7. The number of rotatable bonds is 6. The van der Waals surface area contributed by atoms with Crippen LogP contribution >= 0.6 is 0 Å². The Morgan fingerprint density at radius 1 is 0.900 bits per heavy atom. The number of aromatic nitrogens is 5. The molecule has 0 saturated carbocycles. The molecule has 0 unspecified atom stereocenters. The van der Waals surface area contributed by atoms with E-state index in [2.05, 4.69) is 37.7 Å². The fourth-order valence-corrected chi connectivity index (χ4v) is 3.48. The number of hydrogen-bond acceptors (Lipinski definition) is 8. The highest BCUT2D eigenvalue weighted by Gasteiger charge is 2.22. The first kappa shape index (κ1) is 20.0. The Labute approximate surface area is 177 Å². The maximum Gasteiger partial charge on any atom is 0.228 e. The lowest BCUT2D eigenvalue weighted by Crippen LogP contribution is -2.47. The lowest BCUT2D eigenvalue weighted by Gasteiger charge is -2.35. The van der Waals surface area contributed by atoms with E-state index in [-0.39, 0.29) is 0 Å². The van der Waals surface area contributed by atoms with Crippen molar-refractivity contribution in [2.75, 3.05) is 42.6 Å². The van der Waals surface area contributed by atoms with Gasteiger partial charge in [-0.25, -0.2) is 15.0 Å². The topological polar surface area (TPSA) is 80.2 Å². The predicted molar refractivity (Wildman–Crippen MR) is 117 cm³/mol. The minimum atomic E-state index is 0.594. The van der Waals surface area contributed by atoms with Crippen molar-refractivity contribution in [1.82, 2.24) is 24.9 Å². The summed E-state index contributed by atoms with van der Waals surface area (Å²) < 4.78 is 5.58. The van der Waals surface area contributed by atoms with E-state index in [0.717, 1.165) is 67.1 Å². The Morgan fingerprint density at radius 3 is 2.33 bits per heavy atom.